The fourth-order valence-electron chi connectivity index (χ4n) is 3.28. The van der Waals surface area contributed by atoms with Gasteiger partial charge in [-0.3, -0.25) is 4.79 Å². The van der Waals surface area contributed by atoms with Crippen LogP contribution in [0.25, 0.3) is 0 Å². The van der Waals surface area contributed by atoms with Crippen molar-refractivity contribution < 1.29 is 4.79 Å². The molecule has 2 atom stereocenters. The third-order valence-corrected chi connectivity index (χ3v) is 4.35. The van der Waals surface area contributed by atoms with Crippen LogP contribution in [-0.2, 0) is 11.2 Å². The summed E-state index contributed by atoms with van der Waals surface area (Å²) in [6.07, 6.45) is 2.99. The minimum absolute atomic E-state index is 0.187. The summed E-state index contributed by atoms with van der Waals surface area (Å²) in [7, 11) is 3.86. The van der Waals surface area contributed by atoms with Crippen LogP contribution < -0.4 is 15.5 Å². The summed E-state index contributed by atoms with van der Waals surface area (Å²) >= 11 is 0. The second kappa shape index (κ2) is 4.94. The van der Waals surface area contributed by atoms with E-state index in [2.05, 4.69) is 28.8 Å². The summed E-state index contributed by atoms with van der Waals surface area (Å²) in [6, 6.07) is 7.24. The van der Waals surface area contributed by atoms with Gasteiger partial charge in [-0.25, -0.2) is 0 Å². The van der Waals surface area contributed by atoms with E-state index < -0.39 is 0 Å². The lowest BCUT2D eigenvalue weighted by Gasteiger charge is -2.24. The van der Waals surface area contributed by atoms with E-state index in [1.807, 2.05) is 14.1 Å². The first-order chi connectivity index (χ1) is 9.20. The number of carbonyl (C=O) groups excluding carboxylic acids is 1. The van der Waals surface area contributed by atoms with Gasteiger partial charge in [-0.1, -0.05) is 12.1 Å². The zero-order valence-corrected chi connectivity index (χ0v) is 11.6. The van der Waals surface area contributed by atoms with Crippen molar-refractivity contribution in [2.45, 2.75) is 31.3 Å². The van der Waals surface area contributed by atoms with Crippen molar-refractivity contribution in [2.24, 2.45) is 0 Å². The van der Waals surface area contributed by atoms with Crippen LogP contribution in [0.4, 0.5) is 5.69 Å². The zero-order valence-electron chi connectivity index (χ0n) is 11.6. The van der Waals surface area contributed by atoms with Gasteiger partial charge in [0.05, 0.1) is 6.42 Å². The van der Waals surface area contributed by atoms with E-state index in [1.165, 1.54) is 18.4 Å². The average Bonchev–Trinajstić information content (AvgIpc) is 3.01. The van der Waals surface area contributed by atoms with Gasteiger partial charge in [0.1, 0.15) is 0 Å². The van der Waals surface area contributed by atoms with Crippen molar-refractivity contribution in [1.29, 1.82) is 0 Å². The van der Waals surface area contributed by atoms with E-state index in [9.17, 15) is 4.79 Å². The predicted molar refractivity (Wildman–Crippen MR) is 76.4 cm³/mol. The molecule has 1 aromatic carbocycles. The lowest BCUT2D eigenvalue weighted by atomic mass is 9.96. The predicted octanol–water partition coefficient (Wildman–Crippen LogP) is 1.22. The van der Waals surface area contributed by atoms with Crippen molar-refractivity contribution in [2.75, 3.05) is 25.5 Å². The van der Waals surface area contributed by atoms with Gasteiger partial charge in [0, 0.05) is 24.8 Å². The Morgan fingerprint density at radius 1 is 1.47 bits per heavy atom. The molecule has 1 amide bonds. The number of benzene rings is 1. The molecule has 0 bridgehead atoms. The monoisotopic (exact) mass is 259 g/mol. The maximum Gasteiger partial charge on any atom is 0.231 e. The summed E-state index contributed by atoms with van der Waals surface area (Å²) in [6.45, 7) is 1.11. The Bertz CT molecular complexity index is 494. The van der Waals surface area contributed by atoms with Crippen LogP contribution in [0.2, 0.25) is 0 Å². The molecule has 0 radical (unpaired) electrons. The Morgan fingerprint density at radius 3 is 3.00 bits per heavy atom. The highest BCUT2D eigenvalue weighted by molar-refractivity contribution is 6.00. The molecule has 2 N–H and O–H groups in total. The Labute approximate surface area is 114 Å². The van der Waals surface area contributed by atoms with Crippen LogP contribution in [0, 0.1) is 0 Å². The highest BCUT2D eigenvalue weighted by atomic mass is 16.2. The summed E-state index contributed by atoms with van der Waals surface area (Å²) in [5, 5.41) is 6.96. The van der Waals surface area contributed by atoms with Gasteiger partial charge in [0.15, 0.2) is 0 Å². The molecule has 1 aromatic rings. The second-order valence-electron chi connectivity index (χ2n) is 5.49. The van der Waals surface area contributed by atoms with Crippen LogP contribution in [-0.4, -0.2) is 32.6 Å². The van der Waals surface area contributed by atoms with Crippen molar-refractivity contribution in [3.8, 4) is 0 Å². The molecule has 0 saturated carbocycles. The molecule has 1 fully saturated rings. The van der Waals surface area contributed by atoms with Gasteiger partial charge < -0.3 is 15.5 Å². The van der Waals surface area contributed by atoms with Crippen molar-refractivity contribution in [3.63, 3.8) is 0 Å². The van der Waals surface area contributed by atoms with Gasteiger partial charge in [0.2, 0.25) is 5.91 Å². The van der Waals surface area contributed by atoms with E-state index in [0.29, 0.717) is 18.5 Å². The number of carbonyl (C=O) groups is 1. The number of nitrogens with one attached hydrogen (secondary N) is 2. The normalized spacial score (nSPS) is 23.8. The van der Waals surface area contributed by atoms with Gasteiger partial charge in [-0.2, -0.15) is 0 Å². The van der Waals surface area contributed by atoms with Crippen LogP contribution in [0.1, 0.15) is 30.0 Å². The Hall–Kier alpha value is -1.39. The van der Waals surface area contributed by atoms with Gasteiger partial charge in [-0.15, -0.1) is 0 Å². The highest BCUT2D eigenvalue weighted by Crippen LogP contribution is 2.32. The smallest absolute Gasteiger partial charge is 0.231 e. The molecule has 2 heterocycles. The lowest BCUT2D eigenvalue weighted by molar-refractivity contribution is -0.117. The summed E-state index contributed by atoms with van der Waals surface area (Å²) in [5.74, 6) is 0.187. The largest absolute Gasteiger partial charge is 0.315 e. The number of hydrogen-bond donors (Lipinski definition) is 2. The van der Waals surface area contributed by atoms with Crippen LogP contribution in [0.5, 0.6) is 0 Å². The number of amides is 1. The van der Waals surface area contributed by atoms with Gasteiger partial charge in [0.25, 0.3) is 0 Å². The van der Waals surface area contributed by atoms with E-state index >= 15 is 0 Å². The molecule has 2 unspecified atom stereocenters. The van der Waals surface area contributed by atoms with E-state index in [4.69, 9.17) is 0 Å². The lowest BCUT2D eigenvalue weighted by Crippen LogP contribution is -2.36. The zero-order chi connectivity index (χ0) is 13.4. The van der Waals surface area contributed by atoms with Crippen molar-refractivity contribution >= 4 is 11.6 Å². The first-order valence-electron chi connectivity index (χ1n) is 7.00. The SMILES string of the molecule is CNC(c1ccc2c(c1)CC(=O)N2C)C1CCCN1. The maximum absolute atomic E-state index is 11.7. The molecule has 2 aliphatic rings. The molecule has 4 nitrogen and oxygen atoms in total. The molecule has 4 heteroatoms. The van der Waals surface area contributed by atoms with Gasteiger partial charge >= 0.3 is 0 Å². The van der Waals surface area contributed by atoms with E-state index in [-0.39, 0.29) is 5.91 Å². The summed E-state index contributed by atoms with van der Waals surface area (Å²) < 4.78 is 0. The average molecular weight is 259 g/mol. The van der Waals surface area contributed by atoms with Crippen LogP contribution >= 0.6 is 0 Å². The fraction of sp³-hybridized carbons (Fsp3) is 0.533. The molecule has 0 spiro atoms. The molecular weight excluding hydrogens is 238 g/mol. The molecule has 2 aliphatic heterocycles. The number of hydrogen-bond acceptors (Lipinski definition) is 3. The first-order valence-corrected chi connectivity index (χ1v) is 7.00. The number of nitrogens with zero attached hydrogens (tertiary/aromatic N) is 1. The van der Waals surface area contributed by atoms with Crippen molar-refractivity contribution in [3.05, 3.63) is 29.3 Å². The molecule has 0 aliphatic carbocycles. The van der Waals surface area contributed by atoms with Crippen molar-refractivity contribution in [1.82, 2.24) is 10.6 Å². The fourth-order valence-corrected chi connectivity index (χ4v) is 3.28. The third-order valence-electron chi connectivity index (χ3n) is 4.35. The minimum Gasteiger partial charge on any atom is -0.315 e. The maximum atomic E-state index is 11.7. The Balaban J connectivity index is 1.89. The molecule has 19 heavy (non-hydrogen) atoms. The van der Waals surface area contributed by atoms with Gasteiger partial charge in [-0.05, 0) is 43.6 Å². The van der Waals surface area contributed by atoms with Crippen LogP contribution in [0.3, 0.4) is 0 Å². The number of likely N-dealkylation sites (N-methyl/N-ethyl adjacent to an activating group) is 2. The standard InChI is InChI=1S/C15H21N3O/c1-16-15(12-4-3-7-17-12)10-5-6-13-11(8-10)9-14(19)18(13)2/h5-6,8,12,15-17H,3-4,7,9H2,1-2H3. The number of anilines is 1. The highest BCUT2D eigenvalue weighted by Gasteiger charge is 2.28. The quantitative estimate of drug-likeness (QED) is 0.858. The summed E-state index contributed by atoms with van der Waals surface area (Å²) in [5.41, 5.74) is 3.50. The summed E-state index contributed by atoms with van der Waals surface area (Å²) in [4.78, 5) is 13.5. The Kier molecular flexibility index (Phi) is 3.29. The van der Waals surface area contributed by atoms with E-state index in [0.717, 1.165) is 17.8 Å². The molecule has 1 saturated heterocycles. The third kappa shape index (κ3) is 2.15. The molecule has 102 valence electrons. The first kappa shape index (κ1) is 12.6. The minimum atomic E-state index is 0.187. The topological polar surface area (TPSA) is 44.4 Å². The Morgan fingerprint density at radius 2 is 2.32 bits per heavy atom. The van der Waals surface area contributed by atoms with Crippen LogP contribution in [0.15, 0.2) is 18.2 Å². The second-order valence-corrected chi connectivity index (χ2v) is 5.49. The molecule has 0 aromatic heterocycles. The number of rotatable bonds is 3. The number of fused-ring (bicyclic) bond motifs is 1. The molecule has 3 rings (SSSR count). The molecular formula is C15H21N3O. The van der Waals surface area contributed by atoms with E-state index in [1.54, 1.807) is 4.90 Å².